The van der Waals surface area contributed by atoms with E-state index in [-0.39, 0.29) is 17.9 Å². The maximum Gasteiger partial charge on any atom is 0.159 e. The van der Waals surface area contributed by atoms with Gasteiger partial charge in [-0.15, -0.1) is 0 Å². The minimum atomic E-state index is -0.821. The molecule has 0 aromatic carbocycles. The second-order valence-electron chi connectivity index (χ2n) is 4.44. The normalized spacial score (nSPS) is 46.8. The third kappa shape index (κ3) is 2.03. The molecule has 1 saturated heterocycles. The van der Waals surface area contributed by atoms with Crippen molar-refractivity contribution in [3.05, 3.63) is 0 Å². The molecule has 3 heteroatoms. The first-order valence-electron chi connectivity index (χ1n) is 4.96. The highest BCUT2D eigenvalue weighted by molar-refractivity contribution is 4.85. The monoisotopic (exact) mass is 188 g/mol. The minimum absolute atomic E-state index is 0.0406. The third-order valence-electron chi connectivity index (χ3n) is 3.00. The average Bonchev–Trinajstić information content (AvgIpc) is 2.07. The van der Waals surface area contributed by atoms with Crippen LogP contribution in [0.25, 0.3) is 0 Å². The standard InChI is InChI=1S/C10H20O3/c1-5(2)9-6(3)8(11)7(4)10(12)13-9/h5-12H,1-4H3/t6-,7-,8-,9-,10?/m1/s1. The van der Waals surface area contributed by atoms with Crippen LogP contribution in [0.4, 0.5) is 0 Å². The molecule has 78 valence electrons. The van der Waals surface area contributed by atoms with Crippen molar-refractivity contribution >= 4 is 0 Å². The topological polar surface area (TPSA) is 49.7 Å². The Balaban J connectivity index is 2.70. The van der Waals surface area contributed by atoms with Crippen molar-refractivity contribution in [3.63, 3.8) is 0 Å². The first kappa shape index (κ1) is 11.0. The molecule has 1 rings (SSSR count). The van der Waals surface area contributed by atoms with Crippen molar-refractivity contribution < 1.29 is 14.9 Å². The Morgan fingerprint density at radius 1 is 1.08 bits per heavy atom. The van der Waals surface area contributed by atoms with E-state index >= 15 is 0 Å². The van der Waals surface area contributed by atoms with Crippen LogP contribution < -0.4 is 0 Å². The number of aliphatic hydroxyl groups excluding tert-OH is 2. The predicted molar refractivity (Wildman–Crippen MR) is 50.1 cm³/mol. The Morgan fingerprint density at radius 3 is 2.08 bits per heavy atom. The number of ether oxygens (including phenoxy) is 1. The SMILES string of the molecule is CC(C)[C@H]1OC(O)[C@H](C)[C@H](O)[C@H]1C. The maximum atomic E-state index is 9.80. The van der Waals surface area contributed by atoms with Gasteiger partial charge < -0.3 is 14.9 Å². The summed E-state index contributed by atoms with van der Waals surface area (Å²) in [7, 11) is 0. The molecule has 13 heavy (non-hydrogen) atoms. The molecule has 5 atom stereocenters. The van der Waals surface area contributed by atoms with Crippen LogP contribution in [0.15, 0.2) is 0 Å². The van der Waals surface area contributed by atoms with E-state index < -0.39 is 12.4 Å². The van der Waals surface area contributed by atoms with Gasteiger partial charge in [0, 0.05) is 11.8 Å². The van der Waals surface area contributed by atoms with Gasteiger partial charge >= 0.3 is 0 Å². The molecule has 0 saturated carbocycles. The van der Waals surface area contributed by atoms with E-state index in [9.17, 15) is 10.2 Å². The molecule has 0 bridgehead atoms. The summed E-state index contributed by atoms with van der Waals surface area (Å²) < 4.78 is 5.44. The minimum Gasteiger partial charge on any atom is -0.392 e. The molecule has 3 nitrogen and oxygen atoms in total. The van der Waals surface area contributed by atoms with Crippen LogP contribution in [0.1, 0.15) is 27.7 Å². The summed E-state index contributed by atoms with van der Waals surface area (Å²) in [6.45, 7) is 7.85. The fourth-order valence-electron chi connectivity index (χ4n) is 2.01. The molecule has 1 heterocycles. The molecule has 1 fully saturated rings. The van der Waals surface area contributed by atoms with Crippen LogP contribution in [0.5, 0.6) is 0 Å². The van der Waals surface area contributed by atoms with Crippen LogP contribution in [0.3, 0.4) is 0 Å². The lowest BCUT2D eigenvalue weighted by molar-refractivity contribution is -0.250. The fourth-order valence-corrected chi connectivity index (χ4v) is 2.01. The lowest BCUT2D eigenvalue weighted by Gasteiger charge is -2.42. The van der Waals surface area contributed by atoms with Gasteiger partial charge in [-0.3, -0.25) is 0 Å². The summed E-state index contributed by atoms with van der Waals surface area (Å²) in [5.41, 5.74) is 0. The molecular formula is C10H20O3. The van der Waals surface area contributed by atoms with E-state index in [1.54, 1.807) is 0 Å². The van der Waals surface area contributed by atoms with Crippen molar-refractivity contribution in [2.45, 2.75) is 46.2 Å². The van der Waals surface area contributed by atoms with Crippen molar-refractivity contribution in [2.75, 3.05) is 0 Å². The molecule has 0 aromatic rings. The number of rotatable bonds is 1. The average molecular weight is 188 g/mol. The van der Waals surface area contributed by atoms with E-state index in [2.05, 4.69) is 0 Å². The summed E-state index contributed by atoms with van der Waals surface area (Å²) in [6.07, 6.45) is -1.32. The summed E-state index contributed by atoms with van der Waals surface area (Å²) in [4.78, 5) is 0. The van der Waals surface area contributed by atoms with Crippen LogP contribution in [0.2, 0.25) is 0 Å². The lowest BCUT2D eigenvalue weighted by atomic mass is 9.82. The quantitative estimate of drug-likeness (QED) is 0.645. The molecule has 0 spiro atoms. The molecule has 0 aliphatic carbocycles. The number of hydrogen-bond acceptors (Lipinski definition) is 3. The van der Waals surface area contributed by atoms with Gasteiger partial charge in [0.15, 0.2) is 6.29 Å². The largest absolute Gasteiger partial charge is 0.392 e. The third-order valence-corrected chi connectivity index (χ3v) is 3.00. The van der Waals surface area contributed by atoms with Gasteiger partial charge in [0.1, 0.15) is 0 Å². The van der Waals surface area contributed by atoms with Crippen molar-refractivity contribution in [1.82, 2.24) is 0 Å². The Bertz CT molecular complexity index is 170. The Labute approximate surface area is 79.7 Å². The van der Waals surface area contributed by atoms with Crippen LogP contribution >= 0.6 is 0 Å². The highest BCUT2D eigenvalue weighted by Gasteiger charge is 2.40. The second kappa shape index (κ2) is 3.95. The van der Waals surface area contributed by atoms with E-state index in [1.807, 2.05) is 27.7 Å². The predicted octanol–water partition coefficient (Wildman–Crippen LogP) is 0.993. The molecule has 2 N–H and O–H groups in total. The van der Waals surface area contributed by atoms with E-state index in [0.717, 1.165) is 0 Å². The van der Waals surface area contributed by atoms with Gasteiger partial charge in [-0.05, 0) is 5.92 Å². The molecule has 1 unspecified atom stereocenters. The first-order valence-corrected chi connectivity index (χ1v) is 4.96. The van der Waals surface area contributed by atoms with Crippen molar-refractivity contribution in [1.29, 1.82) is 0 Å². The lowest BCUT2D eigenvalue weighted by Crippen LogP contribution is -2.50. The molecule has 1 aliphatic rings. The van der Waals surface area contributed by atoms with Gasteiger partial charge in [0.25, 0.3) is 0 Å². The van der Waals surface area contributed by atoms with Gasteiger partial charge in [0.05, 0.1) is 12.2 Å². The van der Waals surface area contributed by atoms with E-state index in [1.165, 1.54) is 0 Å². The van der Waals surface area contributed by atoms with Crippen LogP contribution in [-0.4, -0.2) is 28.7 Å². The van der Waals surface area contributed by atoms with Crippen molar-refractivity contribution in [2.24, 2.45) is 17.8 Å². The number of aliphatic hydroxyl groups is 2. The first-order chi connectivity index (χ1) is 5.95. The van der Waals surface area contributed by atoms with Gasteiger partial charge in [-0.1, -0.05) is 27.7 Å². The summed E-state index contributed by atoms with van der Waals surface area (Å²) in [5, 5.41) is 19.3. The van der Waals surface area contributed by atoms with E-state index in [0.29, 0.717) is 5.92 Å². The second-order valence-corrected chi connectivity index (χ2v) is 4.44. The van der Waals surface area contributed by atoms with Gasteiger partial charge in [0.2, 0.25) is 0 Å². The zero-order valence-corrected chi connectivity index (χ0v) is 8.77. The van der Waals surface area contributed by atoms with Crippen molar-refractivity contribution in [3.8, 4) is 0 Å². The molecule has 1 aliphatic heterocycles. The Kier molecular flexibility index (Phi) is 3.33. The maximum absolute atomic E-state index is 9.80. The summed E-state index contributed by atoms with van der Waals surface area (Å²) >= 11 is 0. The van der Waals surface area contributed by atoms with Crippen LogP contribution in [0, 0.1) is 17.8 Å². The van der Waals surface area contributed by atoms with E-state index in [4.69, 9.17) is 4.74 Å². The molecule has 0 radical (unpaired) electrons. The Morgan fingerprint density at radius 2 is 1.62 bits per heavy atom. The smallest absolute Gasteiger partial charge is 0.159 e. The fraction of sp³-hybridized carbons (Fsp3) is 1.00. The summed E-state index contributed by atoms with van der Waals surface area (Å²) in [6, 6.07) is 0. The molecular weight excluding hydrogens is 168 g/mol. The molecule has 0 aromatic heterocycles. The zero-order valence-electron chi connectivity index (χ0n) is 8.77. The van der Waals surface area contributed by atoms with Gasteiger partial charge in [-0.25, -0.2) is 0 Å². The highest BCUT2D eigenvalue weighted by Crippen LogP contribution is 2.32. The summed E-state index contributed by atoms with van der Waals surface area (Å²) in [5.74, 6) is 0.232. The van der Waals surface area contributed by atoms with Crippen LogP contribution in [-0.2, 0) is 4.74 Å². The zero-order chi connectivity index (χ0) is 10.2. The number of hydrogen-bond donors (Lipinski definition) is 2. The Hall–Kier alpha value is -0.120. The van der Waals surface area contributed by atoms with Gasteiger partial charge in [-0.2, -0.15) is 0 Å². The highest BCUT2D eigenvalue weighted by atomic mass is 16.6. The molecule has 0 amide bonds.